The van der Waals surface area contributed by atoms with Crippen LogP contribution in [0.5, 0.6) is 5.75 Å². The minimum atomic E-state index is -0.00379. The van der Waals surface area contributed by atoms with Gasteiger partial charge in [0.15, 0.2) is 0 Å². The van der Waals surface area contributed by atoms with E-state index in [9.17, 15) is 4.79 Å². The van der Waals surface area contributed by atoms with Crippen LogP contribution in [-0.2, 0) is 9.53 Å². The zero-order valence-electron chi connectivity index (χ0n) is 14.0. The van der Waals surface area contributed by atoms with E-state index in [0.29, 0.717) is 13.2 Å². The standard InChI is InChI=1S/C15H23NO3.C2H6/c1-13-6-8-14(9-7-13)19-11-5-4-10-18-12-15(17)16(2)3;1-2/h6-9H,4-5,10-12H2,1-3H3;1-2H3. The number of amides is 1. The van der Waals surface area contributed by atoms with Crippen LogP contribution in [0.15, 0.2) is 24.3 Å². The van der Waals surface area contributed by atoms with Crippen LogP contribution in [-0.4, -0.2) is 44.7 Å². The largest absolute Gasteiger partial charge is 0.494 e. The van der Waals surface area contributed by atoms with E-state index in [2.05, 4.69) is 6.92 Å². The summed E-state index contributed by atoms with van der Waals surface area (Å²) in [7, 11) is 3.45. The van der Waals surface area contributed by atoms with E-state index in [1.165, 1.54) is 10.5 Å². The number of ether oxygens (including phenoxy) is 2. The van der Waals surface area contributed by atoms with Gasteiger partial charge in [-0.1, -0.05) is 31.5 Å². The Labute approximate surface area is 129 Å². The first kappa shape index (κ1) is 19.4. The molecule has 0 aliphatic rings. The van der Waals surface area contributed by atoms with Gasteiger partial charge in [0.05, 0.1) is 6.61 Å². The molecule has 0 radical (unpaired) electrons. The van der Waals surface area contributed by atoms with Crippen molar-refractivity contribution in [2.24, 2.45) is 0 Å². The number of likely N-dealkylation sites (N-methyl/N-ethyl adjacent to an activating group) is 1. The van der Waals surface area contributed by atoms with Gasteiger partial charge in [-0.15, -0.1) is 0 Å². The van der Waals surface area contributed by atoms with Crippen molar-refractivity contribution in [3.05, 3.63) is 29.8 Å². The van der Waals surface area contributed by atoms with Crippen LogP contribution >= 0.6 is 0 Å². The molecule has 1 aromatic rings. The minimum Gasteiger partial charge on any atom is -0.494 e. The highest BCUT2D eigenvalue weighted by molar-refractivity contribution is 5.76. The average Bonchev–Trinajstić information content (AvgIpc) is 2.49. The number of hydrogen-bond donors (Lipinski definition) is 0. The molecule has 0 spiro atoms. The molecule has 0 heterocycles. The third-order valence-electron chi connectivity index (χ3n) is 2.70. The number of carbonyl (C=O) groups is 1. The summed E-state index contributed by atoms with van der Waals surface area (Å²) in [6.45, 7) is 7.48. The third kappa shape index (κ3) is 9.91. The van der Waals surface area contributed by atoms with Crippen LogP contribution < -0.4 is 4.74 Å². The summed E-state index contributed by atoms with van der Waals surface area (Å²) >= 11 is 0. The highest BCUT2D eigenvalue weighted by Gasteiger charge is 2.02. The fourth-order valence-corrected chi connectivity index (χ4v) is 1.42. The Balaban J connectivity index is 0.00000191. The smallest absolute Gasteiger partial charge is 0.248 e. The van der Waals surface area contributed by atoms with Crippen LogP contribution in [0, 0.1) is 6.92 Å². The van der Waals surface area contributed by atoms with Crippen LogP contribution in [0.25, 0.3) is 0 Å². The second kappa shape index (κ2) is 12.2. The fraction of sp³-hybridized carbons (Fsp3) is 0.588. The van der Waals surface area contributed by atoms with E-state index in [0.717, 1.165) is 18.6 Å². The highest BCUT2D eigenvalue weighted by Crippen LogP contribution is 2.11. The molecule has 0 bridgehead atoms. The van der Waals surface area contributed by atoms with Crippen LogP contribution in [0.1, 0.15) is 32.3 Å². The molecule has 21 heavy (non-hydrogen) atoms. The molecule has 1 rings (SSSR count). The first-order valence-electron chi connectivity index (χ1n) is 7.57. The van der Waals surface area contributed by atoms with E-state index in [1.807, 2.05) is 38.1 Å². The maximum absolute atomic E-state index is 11.2. The van der Waals surface area contributed by atoms with Gasteiger partial charge in [0, 0.05) is 20.7 Å². The molecule has 120 valence electrons. The summed E-state index contributed by atoms with van der Waals surface area (Å²) in [6, 6.07) is 8.01. The topological polar surface area (TPSA) is 38.8 Å². The molecule has 4 nitrogen and oxygen atoms in total. The molecule has 0 aliphatic heterocycles. The lowest BCUT2D eigenvalue weighted by atomic mass is 10.2. The van der Waals surface area contributed by atoms with Crippen molar-refractivity contribution < 1.29 is 14.3 Å². The molecule has 1 aromatic carbocycles. The van der Waals surface area contributed by atoms with Crippen LogP contribution in [0.3, 0.4) is 0 Å². The molecule has 0 atom stereocenters. The number of hydrogen-bond acceptors (Lipinski definition) is 3. The van der Waals surface area contributed by atoms with Crippen molar-refractivity contribution in [3.63, 3.8) is 0 Å². The van der Waals surface area contributed by atoms with E-state index < -0.39 is 0 Å². The van der Waals surface area contributed by atoms with E-state index in [-0.39, 0.29) is 12.5 Å². The van der Waals surface area contributed by atoms with Crippen LogP contribution in [0.4, 0.5) is 0 Å². The summed E-state index contributed by atoms with van der Waals surface area (Å²) in [5, 5.41) is 0. The lowest BCUT2D eigenvalue weighted by Crippen LogP contribution is -2.26. The molecule has 0 saturated heterocycles. The van der Waals surface area contributed by atoms with Crippen molar-refractivity contribution in [1.82, 2.24) is 4.90 Å². The zero-order valence-corrected chi connectivity index (χ0v) is 14.0. The van der Waals surface area contributed by atoms with Crippen molar-refractivity contribution in [2.75, 3.05) is 33.9 Å². The van der Waals surface area contributed by atoms with Gasteiger partial charge in [-0.2, -0.15) is 0 Å². The molecular formula is C17H29NO3. The number of benzene rings is 1. The summed E-state index contributed by atoms with van der Waals surface area (Å²) in [5.41, 5.74) is 1.23. The molecule has 0 fully saturated rings. The van der Waals surface area contributed by atoms with Gasteiger partial charge in [-0.25, -0.2) is 0 Å². The molecule has 0 aliphatic carbocycles. The lowest BCUT2D eigenvalue weighted by molar-refractivity contribution is -0.133. The van der Waals surface area contributed by atoms with E-state index >= 15 is 0 Å². The molecule has 4 heteroatoms. The van der Waals surface area contributed by atoms with Gasteiger partial charge in [0.25, 0.3) is 0 Å². The second-order valence-corrected chi connectivity index (χ2v) is 4.71. The maximum Gasteiger partial charge on any atom is 0.248 e. The molecular weight excluding hydrogens is 266 g/mol. The molecule has 0 aromatic heterocycles. The van der Waals surface area contributed by atoms with Gasteiger partial charge in [-0.05, 0) is 31.9 Å². The van der Waals surface area contributed by atoms with E-state index in [4.69, 9.17) is 9.47 Å². The van der Waals surface area contributed by atoms with Crippen molar-refractivity contribution >= 4 is 5.91 Å². The predicted octanol–water partition coefficient (Wildman–Crippen LogP) is 3.29. The van der Waals surface area contributed by atoms with Gasteiger partial charge in [0.2, 0.25) is 5.91 Å². The Morgan fingerprint density at radius 1 is 1.05 bits per heavy atom. The fourth-order valence-electron chi connectivity index (χ4n) is 1.42. The molecule has 0 N–H and O–H groups in total. The van der Waals surface area contributed by atoms with Gasteiger partial charge >= 0.3 is 0 Å². The first-order valence-corrected chi connectivity index (χ1v) is 7.57. The Bertz CT molecular complexity index is 374. The highest BCUT2D eigenvalue weighted by atomic mass is 16.5. The number of rotatable bonds is 8. The normalized spacial score (nSPS) is 9.57. The number of nitrogens with zero attached hydrogens (tertiary/aromatic N) is 1. The quantitative estimate of drug-likeness (QED) is 0.691. The second-order valence-electron chi connectivity index (χ2n) is 4.71. The van der Waals surface area contributed by atoms with Gasteiger partial charge < -0.3 is 14.4 Å². The lowest BCUT2D eigenvalue weighted by Gasteiger charge is -2.10. The molecule has 0 unspecified atom stereocenters. The summed E-state index contributed by atoms with van der Waals surface area (Å²) in [4.78, 5) is 12.7. The zero-order chi connectivity index (χ0) is 16.1. The number of carbonyl (C=O) groups excluding carboxylic acids is 1. The third-order valence-corrected chi connectivity index (χ3v) is 2.70. The Kier molecular flexibility index (Phi) is 11.3. The number of unbranched alkanes of at least 4 members (excludes halogenated alkanes) is 1. The predicted molar refractivity (Wildman–Crippen MR) is 86.8 cm³/mol. The Morgan fingerprint density at radius 3 is 2.19 bits per heavy atom. The SMILES string of the molecule is CC.Cc1ccc(OCCCCOCC(=O)N(C)C)cc1. The summed E-state index contributed by atoms with van der Waals surface area (Å²) < 4.78 is 10.9. The van der Waals surface area contributed by atoms with Crippen molar-refractivity contribution in [3.8, 4) is 5.75 Å². The van der Waals surface area contributed by atoms with Crippen molar-refractivity contribution in [2.45, 2.75) is 33.6 Å². The molecule has 1 amide bonds. The molecule has 0 saturated carbocycles. The van der Waals surface area contributed by atoms with E-state index in [1.54, 1.807) is 14.1 Å². The minimum absolute atomic E-state index is 0.00379. The van der Waals surface area contributed by atoms with Gasteiger partial charge in [0.1, 0.15) is 12.4 Å². The number of aryl methyl sites for hydroxylation is 1. The average molecular weight is 295 g/mol. The van der Waals surface area contributed by atoms with Gasteiger partial charge in [-0.3, -0.25) is 4.79 Å². The maximum atomic E-state index is 11.2. The Hall–Kier alpha value is -1.55. The van der Waals surface area contributed by atoms with Crippen LogP contribution in [0.2, 0.25) is 0 Å². The Morgan fingerprint density at radius 2 is 1.62 bits per heavy atom. The monoisotopic (exact) mass is 295 g/mol. The summed E-state index contributed by atoms with van der Waals surface area (Å²) in [5.74, 6) is 0.894. The summed E-state index contributed by atoms with van der Waals surface area (Å²) in [6.07, 6.45) is 1.82. The first-order chi connectivity index (χ1) is 10.1. The van der Waals surface area contributed by atoms with Crippen molar-refractivity contribution in [1.29, 1.82) is 0 Å².